The number of amides is 2. The van der Waals surface area contributed by atoms with Crippen molar-refractivity contribution in [1.29, 1.82) is 0 Å². The lowest BCUT2D eigenvalue weighted by Gasteiger charge is -2.07. The van der Waals surface area contributed by atoms with E-state index in [0.717, 1.165) is 52.7 Å². The summed E-state index contributed by atoms with van der Waals surface area (Å²) >= 11 is 6.89. The predicted molar refractivity (Wildman–Crippen MR) is 134 cm³/mol. The molecule has 2 aliphatic rings. The molecule has 6 rings (SSSR count). The summed E-state index contributed by atoms with van der Waals surface area (Å²) in [5.41, 5.74) is 4.59. The van der Waals surface area contributed by atoms with Gasteiger partial charge >= 0.3 is 0 Å². The Morgan fingerprint density at radius 1 is 0.500 bits per heavy atom. The first-order valence-corrected chi connectivity index (χ1v) is 11.6. The molecule has 0 atom stereocenters. The maximum Gasteiger partial charge on any atom is 0.256 e. The van der Waals surface area contributed by atoms with Gasteiger partial charge in [-0.25, -0.2) is 0 Å². The number of halogens is 2. The fourth-order valence-electron chi connectivity index (χ4n) is 4.49. The third kappa shape index (κ3) is 2.87. The second kappa shape index (κ2) is 7.15. The van der Waals surface area contributed by atoms with E-state index in [-0.39, 0.29) is 11.8 Å². The molecule has 4 aromatic carbocycles. The first kappa shape index (κ1) is 19.5. The Morgan fingerprint density at radius 3 is 1.25 bits per heavy atom. The van der Waals surface area contributed by atoms with E-state index < -0.39 is 0 Å². The average molecular weight is 546 g/mol. The average Bonchev–Trinajstić information content (AvgIpc) is 3.31. The quantitative estimate of drug-likeness (QED) is 0.385. The van der Waals surface area contributed by atoms with Gasteiger partial charge in [0.05, 0.1) is 22.5 Å². The highest BCUT2D eigenvalue weighted by molar-refractivity contribution is 9.10. The summed E-state index contributed by atoms with van der Waals surface area (Å²) in [7, 11) is 0. The molecule has 4 nitrogen and oxygen atoms in total. The molecule has 154 valence electrons. The molecule has 0 radical (unpaired) electrons. The van der Waals surface area contributed by atoms with Crippen molar-refractivity contribution in [3.63, 3.8) is 0 Å². The van der Waals surface area contributed by atoms with Crippen molar-refractivity contribution in [3.05, 3.63) is 103 Å². The van der Waals surface area contributed by atoms with Gasteiger partial charge in [-0.2, -0.15) is 0 Å². The Morgan fingerprint density at radius 2 is 0.875 bits per heavy atom. The number of rotatable bonds is 2. The monoisotopic (exact) mass is 544 g/mol. The fraction of sp³-hybridized carbons (Fsp3) is 0. The Labute approximate surface area is 199 Å². The summed E-state index contributed by atoms with van der Waals surface area (Å²) in [5, 5.41) is 9.62. The van der Waals surface area contributed by atoms with Gasteiger partial charge in [-0.15, -0.1) is 0 Å². The number of carbonyl (C=O) groups excluding carboxylic acids is 2. The number of fused-ring (bicyclic) bond motifs is 5. The second-order valence-corrected chi connectivity index (χ2v) is 9.57. The van der Waals surface area contributed by atoms with Gasteiger partial charge in [0.15, 0.2) is 0 Å². The van der Waals surface area contributed by atoms with E-state index in [4.69, 9.17) is 0 Å². The lowest BCUT2D eigenvalue weighted by Crippen LogP contribution is -2.08. The highest BCUT2D eigenvalue weighted by Crippen LogP contribution is 2.32. The first-order chi connectivity index (χ1) is 15.5. The van der Waals surface area contributed by atoms with E-state index in [2.05, 4.69) is 42.5 Å². The van der Waals surface area contributed by atoms with Crippen LogP contribution < -0.4 is 21.1 Å². The van der Waals surface area contributed by atoms with Crippen LogP contribution in [0.3, 0.4) is 0 Å². The number of hydrogen-bond acceptors (Lipinski definition) is 2. The topological polar surface area (TPSA) is 58.2 Å². The third-order valence-electron chi connectivity index (χ3n) is 5.94. The summed E-state index contributed by atoms with van der Waals surface area (Å²) in [5.74, 6) is -0.247. The van der Waals surface area contributed by atoms with Gasteiger partial charge in [-0.05, 0) is 35.4 Å². The van der Waals surface area contributed by atoms with Gasteiger partial charge < -0.3 is 10.6 Å². The van der Waals surface area contributed by atoms with Crippen LogP contribution in [0.25, 0.3) is 21.9 Å². The summed E-state index contributed by atoms with van der Waals surface area (Å²) < 4.78 is 1.92. The maximum atomic E-state index is 12.9. The molecule has 32 heavy (non-hydrogen) atoms. The lowest BCUT2D eigenvalue weighted by molar-refractivity contribution is -0.111. The molecule has 0 spiro atoms. The number of benzene rings is 4. The SMILES string of the molecule is O=C1Nc2c(ccc3c4c(ccc23)=C(c2ccc(Br)cc2)C(=O)N4)=C1c1ccc(Br)cc1. The van der Waals surface area contributed by atoms with Gasteiger partial charge in [-0.1, -0.05) is 80.4 Å². The molecule has 0 aliphatic carbocycles. The Kier molecular flexibility index (Phi) is 4.35. The van der Waals surface area contributed by atoms with E-state index in [0.29, 0.717) is 11.1 Å². The zero-order valence-corrected chi connectivity index (χ0v) is 19.7. The summed E-state index contributed by atoms with van der Waals surface area (Å²) in [6.07, 6.45) is 0. The van der Waals surface area contributed by atoms with Crippen molar-refractivity contribution in [3.8, 4) is 0 Å². The van der Waals surface area contributed by atoms with Gasteiger partial charge in [0.25, 0.3) is 11.8 Å². The Balaban J connectivity index is 1.61. The van der Waals surface area contributed by atoms with E-state index in [9.17, 15) is 9.59 Å². The van der Waals surface area contributed by atoms with Gasteiger partial charge in [-0.3, -0.25) is 9.59 Å². The van der Waals surface area contributed by atoms with E-state index in [1.165, 1.54) is 0 Å². The Hall–Kier alpha value is -3.22. The summed E-state index contributed by atoms with van der Waals surface area (Å²) in [6.45, 7) is 0. The van der Waals surface area contributed by atoms with E-state index in [1.54, 1.807) is 0 Å². The van der Waals surface area contributed by atoms with Crippen LogP contribution in [0, 0.1) is 0 Å². The van der Waals surface area contributed by atoms with Crippen molar-refractivity contribution < 1.29 is 9.59 Å². The highest BCUT2D eigenvalue weighted by Gasteiger charge is 2.27. The zero-order valence-electron chi connectivity index (χ0n) is 16.5. The first-order valence-electron chi connectivity index (χ1n) is 10.0. The number of nitrogens with one attached hydrogen (secondary N) is 2. The predicted octanol–water partition coefficient (Wildman–Crippen LogP) is 4.67. The maximum absolute atomic E-state index is 12.9. The zero-order chi connectivity index (χ0) is 22.0. The summed E-state index contributed by atoms with van der Waals surface area (Å²) in [4.78, 5) is 25.7. The molecule has 2 amide bonds. The summed E-state index contributed by atoms with van der Waals surface area (Å²) in [6, 6.07) is 23.3. The molecule has 2 N–H and O–H groups in total. The van der Waals surface area contributed by atoms with Crippen molar-refractivity contribution in [1.82, 2.24) is 0 Å². The minimum atomic E-state index is -0.124. The molecule has 4 aromatic rings. The van der Waals surface area contributed by atoms with Crippen molar-refractivity contribution >= 4 is 77.0 Å². The Bertz CT molecular complexity index is 1480. The standard InChI is InChI=1S/C26H14Br2N2O2/c27-15-5-1-13(2-6-15)21-19-11-9-18-17(23(19)29-25(21)31)10-12-20-22(26(32)30-24(18)20)14-3-7-16(28)8-4-14/h1-12H,(H,29,31)(H,30,32). The van der Waals surface area contributed by atoms with Gasteiger partial charge in [0.1, 0.15) is 0 Å². The number of anilines is 2. The van der Waals surface area contributed by atoms with Crippen molar-refractivity contribution in [2.75, 3.05) is 10.6 Å². The van der Waals surface area contributed by atoms with Crippen LogP contribution >= 0.6 is 31.9 Å². The molecule has 2 heterocycles. The smallest absolute Gasteiger partial charge is 0.256 e. The highest BCUT2D eigenvalue weighted by atomic mass is 79.9. The molecular formula is C26H14Br2N2O2. The minimum Gasteiger partial charge on any atom is -0.321 e. The minimum absolute atomic E-state index is 0.124. The van der Waals surface area contributed by atoms with Gasteiger partial charge in [0.2, 0.25) is 0 Å². The van der Waals surface area contributed by atoms with Crippen LogP contribution in [0.4, 0.5) is 11.4 Å². The molecular weight excluding hydrogens is 532 g/mol. The molecule has 6 heteroatoms. The second-order valence-electron chi connectivity index (χ2n) is 7.74. The molecule has 0 unspecified atom stereocenters. The van der Waals surface area contributed by atoms with E-state index >= 15 is 0 Å². The van der Waals surface area contributed by atoms with Crippen LogP contribution in [-0.4, -0.2) is 11.8 Å². The number of carbonyl (C=O) groups is 2. The molecule has 0 fully saturated rings. The normalized spacial score (nSPS) is 14.4. The lowest BCUT2D eigenvalue weighted by atomic mass is 9.99. The molecule has 0 bridgehead atoms. The fourth-order valence-corrected chi connectivity index (χ4v) is 5.02. The van der Waals surface area contributed by atoms with Crippen molar-refractivity contribution in [2.45, 2.75) is 0 Å². The van der Waals surface area contributed by atoms with Crippen LogP contribution in [0.1, 0.15) is 11.1 Å². The molecule has 0 saturated heterocycles. The number of hydrogen-bond donors (Lipinski definition) is 2. The van der Waals surface area contributed by atoms with Crippen LogP contribution in [0.5, 0.6) is 0 Å². The van der Waals surface area contributed by atoms with Crippen molar-refractivity contribution in [2.24, 2.45) is 0 Å². The largest absolute Gasteiger partial charge is 0.321 e. The van der Waals surface area contributed by atoms with Crippen LogP contribution in [-0.2, 0) is 9.59 Å². The van der Waals surface area contributed by atoms with Crippen LogP contribution in [0.2, 0.25) is 0 Å². The molecule has 0 aromatic heterocycles. The third-order valence-corrected chi connectivity index (χ3v) is 6.99. The van der Waals surface area contributed by atoms with E-state index in [1.807, 2.05) is 72.8 Å². The van der Waals surface area contributed by atoms with Gasteiger partial charge in [0, 0.05) is 30.2 Å². The van der Waals surface area contributed by atoms with Crippen LogP contribution in [0.15, 0.2) is 81.7 Å². The molecule has 2 aliphatic heterocycles. The molecule has 0 saturated carbocycles.